The number of hydrogen-bond donors (Lipinski definition) is 1. The first-order valence-corrected chi connectivity index (χ1v) is 5.93. The quantitative estimate of drug-likeness (QED) is 0.763. The van der Waals surface area contributed by atoms with Crippen molar-refractivity contribution >= 4 is 0 Å². The molecule has 0 fully saturated rings. The molecule has 1 heterocycles. The van der Waals surface area contributed by atoms with Crippen molar-refractivity contribution < 1.29 is 13.9 Å². The minimum Gasteiger partial charge on any atom is -0.491 e. The van der Waals surface area contributed by atoms with Crippen molar-refractivity contribution in [2.24, 2.45) is 5.73 Å². The fraction of sp³-hybridized carbons (Fsp3) is 0.286. The van der Waals surface area contributed by atoms with Crippen LogP contribution in [0.25, 0.3) is 0 Å². The van der Waals surface area contributed by atoms with Crippen LogP contribution in [0.4, 0.5) is 0 Å². The summed E-state index contributed by atoms with van der Waals surface area (Å²) in [6.45, 7) is 1.34. The number of nitrogens with two attached hydrogens (primary N) is 1. The number of benzene rings is 1. The second kappa shape index (κ2) is 6.83. The van der Waals surface area contributed by atoms with Gasteiger partial charge in [-0.2, -0.15) is 0 Å². The highest BCUT2D eigenvalue weighted by Gasteiger charge is 2.12. The maximum Gasteiger partial charge on any atom is 0.133 e. The Balaban J connectivity index is 1.71. The van der Waals surface area contributed by atoms with Crippen LogP contribution < -0.4 is 10.5 Å². The molecular weight excluding hydrogens is 230 g/mol. The minimum atomic E-state index is -0.209. The van der Waals surface area contributed by atoms with Crippen molar-refractivity contribution in [3.05, 3.63) is 54.5 Å². The van der Waals surface area contributed by atoms with Gasteiger partial charge in [0.2, 0.25) is 0 Å². The molecule has 2 N–H and O–H groups in total. The molecule has 0 aliphatic carbocycles. The first-order valence-electron chi connectivity index (χ1n) is 5.93. The molecule has 1 unspecified atom stereocenters. The molecule has 96 valence electrons. The summed E-state index contributed by atoms with van der Waals surface area (Å²) in [5, 5.41) is 0. The van der Waals surface area contributed by atoms with Crippen LogP contribution in [0.15, 0.2) is 53.1 Å². The van der Waals surface area contributed by atoms with Gasteiger partial charge in [-0.15, -0.1) is 0 Å². The largest absolute Gasteiger partial charge is 0.491 e. The van der Waals surface area contributed by atoms with Gasteiger partial charge in [0.15, 0.2) is 0 Å². The van der Waals surface area contributed by atoms with E-state index in [0.29, 0.717) is 19.8 Å². The number of ether oxygens (including phenoxy) is 2. The third-order valence-corrected chi connectivity index (χ3v) is 2.49. The van der Waals surface area contributed by atoms with Gasteiger partial charge in [0.05, 0.1) is 12.9 Å². The maximum absolute atomic E-state index is 5.63. The molecule has 0 radical (unpaired) electrons. The molecule has 1 atom stereocenters. The van der Waals surface area contributed by atoms with E-state index < -0.39 is 0 Å². The predicted molar refractivity (Wildman–Crippen MR) is 68.4 cm³/mol. The van der Waals surface area contributed by atoms with Gasteiger partial charge in [0.1, 0.15) is 24.2 Å². The Hall–Kier alpha value is -1.78. The summed E-state index contributed by atoms with van der Waals surface area (Å²) in [5.41, 5.74) is 5.63. The van der Waals surface area contributed by atoms with Crippen LogP contribution in [0.5, 0.6) is 5.75 Å². The molecule has 2 aromatic rings. The second-order valence-electron chi connectivity index (χ2n) is 3.77. The smallest absolute Gasteiger partial charge is 0.133 e. The topological polar surface area (TPSA) is 57.6 Å². The molecule has 4 heteroatoms. The van der Waals surface area contributed by atoms with Crippen molar-refractivity contribution in [2.75, 3.05) is 19.8 Å². The second-order valence-corrected chi connectivity index (χ2v) is 3.77. The first kappa shape index (κ1) is 12.7. The molecule has 0 aliphatic rings. The van der Waals surface area contributed by atoms with Crippen LogP contribution in [-0.4, -0.2) is 19.8 Å². The molecule has 4 nitrogen and oxygen atoms in total. The summed E-state index contributed by atoms with van der Waals surface area (Å²) in [7, 11) is 0. The number of furan rings is 1. The van der Waals surface area contributed by atoms with Gasteiger partial charge in [0, 0.05) is 6.54 Å². The van der Waals surface area contributed by atoms with E-state index in [1.54, 1.807) is 6.26 Å². The zero-order valence-electron chi connectivity index (χ0n) is 10.1. The Kier molecular flexibility index (Phi) is 4.81. The van der Waals surface area contributed by atoms with E-state index in [1.807, 2.05) is 42.5 Å². The van der Waals surface area contributed by atoms with Crippen molar-refractivity contribution in [3.8, 4) is 5.75 Å². The number of rotatable bonds is 7. The van der Waals surface area contributed by atoms with E-state index in [2.05, 4.69) is 0 Å². The number of para-hydroxylation sites is 1. The summed E-state index contributed by atoms with van der Waals surface area (Å²) in [6.07, 6.45) is 1.40. The molecule has 1 aromatic carbocycles. The van der Waals surface area contributed by atoms with E-state index in [0.717, 1.165) is 11.5 Å². The van der Waals surface area contributed by atoms with Crippen LogP contribution in [0.1, 0.15) is 11.9 Å². The van der Waals surface area contributed by atoms with Gasteiger partial charge in [-0.3, -0.25) is 0 Å². The van der Waals surface area contributed by atoms with Crippen molar-refractivity contribution in [1.29, 1.82) is 0 Å². The lowest BCUT2D eigenvalue weighted by Gasteiger charge is -2.13. The summed E-state index contributed by atoms with van der Waals surface area (Å²) >= 11 is 0. The fourth-order valence-corrected chi connectivity index (χ4v) is 1.61. The molecule has 0 amide bonds. The monoisotopic (exact) mass is 247 g/mol. The number of hydrogen-bond acceptors (Lipinski definition) is 4. The minimum absolute atomic E-state index is 0.209. The van der Waals surface area contributed by atoms with E-state index in [9.17, 15) is 0 Å². The van der Waals surface area contributed by atoms with Crippen molar-refractivity contribution in [3.63, 3.8) is 0 Å². The zero-order chi connectivity index (χ0) is 12.6. The highest BCUT2D eigenvalue weighted by atomic mass is 16.5. The Morgan fingerprint density at radius 3 is 2.56 bits per heavy atom. The van der Waals surface area contributed by atoms with E-state index in [4.69, 9.17) is 19.6 Å². The lowest BCUT2D eigenvalue weighted by molar-refractivity contribution is 0.0257. The molecule has 0 aliphatic heterocycles. The summed E-state index contributed by atoms with van der Waals surface area (Å²) in [4.78, 5) is 0. The van der Waals surface area contributed by atoms with Crippen LogP contribution in [0, 0.1) is 0 Å². The van der Waals surface area contributed by atoms with E-state index >= 15 is 0 Å². The highest BCUT2D eigenvalue weighted by molar-refractivity contribution is 5.20. The molecule has 2 rings (SSSR count). The molecule has 1 aromatic heterocycles. The van der Waals surface area contributed by atoms with Gasteiger partial charge in [-0.05, 0) is 24.3 Å². The molecule has 0 saturated heterocycles. The third kappa shape index (κ3) is 3.61. The Labute approximate surface area is 106 Å². The van der Waals surface area contributed by atoms with Crippen molar-refractivity contribution in [1.82, 2.24) is 0 Å². The maximum atomic E-state index is 5.63. The summed E-state index contributed by atoms with van der Waals surface area (Å²) in [5.74, 6) is 1.58. The fourth-order valence-electron chi connectivity index (χ4n) is 1.61. The van der Waals surface area contributed by atoms with Crippen LogP contribution in [0.2, 0.25) is 0 Å². The summed E-state index contributed by atoms with van der Waals surface area (Å²) in [6, 6.07) is 13.3. The summed E-state index contributed by atoms with van der Waals surface area (Å²) < 4.78 is 16.4. The Bertz CT molecular complexity index is 428. The van der Waals surface area contributed by atoms with Gasteiger partial charge >= 0.3 is 0 Å². The molecular formula is C14H17NO3. The highest BCUT2D eigenvalue weighted by Crippen LogP contribution is 2.16. The van der Waals surface area contributed by atoms with Gasteiger partial charge < -0.3 is 19.6 Å². The van der Waals surface area contributed by atoms with Gasteiger partial charge in [-0.25, -0.2) is 0 Å². The normalized spacial score (nSPS) is 12.3. The Morgan fingerprint density at radius 1 is 1.06 bits per heavy atom. The SMILES string of the molecule is NCC(OCCOc1ccccc1)c1ccco1. The van der Waals surface area contributed by atoms with Crippen LogP contribution in [0.3, 0.4) is 0 Å². The van der Waals surface area contributed by atoms with Gasteiger partial charge in [-0.1, -0.05) is 18.2 Å². The average molecular weight is 247 g/mol. The lowest BCUT2D eigenvalue weighted by Crippen LogP contribution is -2.18. The third-order valence-electron chi connectivity index (χ3n) is 2.49. The molecule has 0 bridgehead atoms. The van der Waals surface area contributed by atoms with Crippen molar-refractivity contribution in [2.45, 2.75) is 6.10 Å². The standard InChI is InChI=1S/C14H17NO3/c15-11-14(13-7-4-8-17-13)18-10-9-16-12-5-2-1-3-6-12/h1-8,14H,9-11,15H2. The van der Waals surface area contributed by atoms with Crippen LogP contribution >= 0.6 is 0 Å². The molecule has 0 saturated carbocycles. The first-order chi connectivity index (χ1) is 8.90. The van der Waals surface area contributed by atoms with Gasteiger partial charge in [0.25, 0.3) is 0 Å². The average Bonchev–Trinajstić information content (AvgIpc) is 2.94. The lowest BCUT2D eigenvalue weighted by atomic mass is 10.3. The predicted octanol–water partition coefficient (Wildman–Crippen LogP) is 2.38. The Morgan fingerprint density at radius 2 is 1.89 bits per heavy atom. The van der Waals surface area contributed by atoms with E-state index in [1.165, 1.54) is 0 Å². The van der Waals surface area contributed by atoms with Crippen LogP contribution in [-0.2, 0) is 4.74 Å². The zero-order valence-corrected chi connectivity index (χ0v) is 10.1. The molecule has 18 heavy (non-hydrogen) atoms. The molecule has 0 spiro atoms. The van der Waals surface area contributed by atoms with E-state index in [-0.39, 0.29) is 6.10 Å².